The van der Waals surface area contributed by atoms with Gasteiger partial charge in [0.2, 0.25) is 5.91 Å². The van der Waals surface area contributed by atoms with Crippen molar-refractivity contribution in [2.45, 2.75) is 31.6 Å². The Kier molecular flexibility index (Phi) is 2.37. The smallest absolute Gasteiger partial charge is 0.274 e. The van der Waals surface area contributed by atoms with E-state index in [1.165, 1.54) is 12.8 Å². The van der Waals surface area contributed by atoms with E-state index in [1.807, 2.05) is 15.9 Å². The van der Waals surface area contributed by atoms with Gasteiger partial charge < -0.3 is 9.80 Å². The molecule has 2 saturated carbocycles. The van der Waals surface area contributed by atoms with Crippen molar-refractivity contribution < 1.29 is 9.59 Å². The number of aromatic nitrogens is 2. The van der Waals surface area contributed by atoms with Crippen LogP contribution in [0.15, 0.2) is 6.07 Å². The molecule has 0 radical (unpaired) electrons. The molecule has 6 heteroatoms. The van der Waals surface area contributed by atoms with Gasteiger partial charge >= 0.3 is 0 Å². The van der Waals surface area contributed by atoms with Gasteiger partial charge in [-0.2, -0.15) is 5.10 Å². The molecule has 3 heterocycles. The Labute approximate surface area is 128 Å². The summed E-state index contributed by atoms with van der Waals surface area (Å²) in [5.41, 5.74) is 1.82. The molecule has 1 N–H and O–H groups in total. The summed E-state index contributed by atoms with van der Waals surface area (Å²) in [7, 11) is 0. The Morgan fingerprint density at radius 1 is 1.09 bits per heavy atom. The lowest BCUT2D eigenvalue weighted by Crippen LogP contribution is -2.73. The van der Waals surface area contributed by atoms with Gasteiger partial charge in [0, 0.05) is 49.1 Å². The predicted molar refractivity (Wildman–Crippen MR) is 78.2 cm³/mol. The fraction of sp³-hybridized carbons (Fsp3) is 0.688. The number of nitrogens with one attached hydrogen (secondary N) is 1. The maximum atomic E-state index is 12.4. The molecule has 0 bridgehead atoms. The highest BCUT2D eigenvalue weighted by Crippen LogP contribution is 2.43. The third-order valence-electron chi connectivity index (χ3n) is 5.46. The molecule has 0 unspecified atom stereocenters. The minimum atomic E-state index is 0.0285. The minimum Gasteiger partial charge on any atom is -0.341 e. The quantitative estimate of drug-likeness (QED) is 0.905. The van der Waals surface area contributed by atoms with E-state index in [0.717, 1.165) is 44.7 Å². The average molecular weight is 300 g/mol. The minimum absolute atomic E-state index is 0.0285. The highest BCUT2D eigenvalue weighted by Gasteiger charge is 2.55. The van der Waals surface area contributed by atoms with Crippen LogP contribution in [0, 0.1) is 11.3 Å². The molecule has 0 atom stereocenters. The molecule has 4 aliphatic rings. The van der Waals surface area contributed by atoms with Crippen LogP contribution < -0.4 is 0 Å². The first-order valence-corrected chi connectivity index (χ1v) is 8.27. The Morgan fingerprint density at radius 2 is 1.77 bits per heavy atom. The molecular formula is C16H20N4O2. The lowest BCUT2D eigenvalue weighted by Gasteiger charge is -2.60. The number of amides is 2. The Bertz CT molecular complexity index is 645. The Morgan fingerprint density at radius 3 is 2.41 bits per heavy atom. The van der Waals surface area contributed by atoms with E-state index in [-0.39, 0.29) is 11.3 Å². The van der Waals surface area contributed by atoms with Crippen molar-refractivity contribution in [3.05, 3.63) is 17.5 Å². The Balaban J connectivity index is 1.17. The number of likely N-dealkylation sites (tertiary alicyclic amines) is 2. The zero-order chi connectivity index (χ0) is 14.9. The van der Waals surface area contributed by atoms with Crippen molar-refractivity contribution in [2.24, 2.45) is 11.3 Å². The van der Waals surface area contributed by atoms with Crippen LogP contribution in [0.5, 0.6) is 0 Å². The SMILES string of the molecule is O=C(c1cc(C2CC2)[nH]n1)N1CC2(C1)CN(C(=O)C1CC1)C2. The summed E-state index contributed by atoms with van der Waals surface area (Å²) in [5.74, 6) is 1.25. The lowest BCUT2D eigenvalue weighted by atomic mass is 9.72. The maximum absolute atomic E-state index is 12.4. The molecular weight excluding hydrogens is 280 g/mol. The molecule has 2 aliphatic heterocycles. The van der Waals surface area contributed by atoms with Crippen LogP contribution in [0.1, 0.15) is 47.8 Å². The van der Waals surface area contributed by atoms with Gasteiger partial charge in [-0.25, -0.2) is 0 Å². The van der Waals surface area contributed by atoms with Crippen molar-refractivity contribution in [3.8, 4) is 0 Å². The van der Waals surface area contributed by atoms with E-state index >= 15 is 0 Å². The molecule has 1 aromatic rings. The van der Waals surface area contributed by atoms with Crippen molar-refractivity contribution in [1.82, 2.24) is 20.0 Å². The largest absolute Gasteiger partial charge is 0.341 e. The fourth-order valence-electron chi connectivity index (χ4n) is 3.83. The van der Waals surface area contributed by atoms with Gasteiger partial charge in [0.25, 0.3) is 5.91 Å². The van der Waals surface area contributed by atoms with Crippen LogP contribution in [-0.4, -0.2) is 58.0 Å². The summed E-state index contributed by atoms with van der Waals surface area (Å²) >= 11 is 0. The normalized spacial score (nSPS) is 25.8. The number of rotatable bonds is 3. The second-order valence-corrected chi connectivity index (χ2v) is 7.61. The van der Waals surface area contributed by atoms with Crippen LogP contribution in [0.3, 0.4) is 0 Å². The molecule has 116 valence electrons. The highest BCUT2D eigenvalue weighted by atomic mass is 16.2. The maximum Gasteiger partial charge on any atom is 0.274 e. The van der Waals surface area contributed by atoms with Crippen molar-refractivity contribution in [3.63, 3.8) is 0 Å². The third-order valence-corrected chi connectivity index (χ3v) is 5.46. The van der Waals surface area contributed by atoms with E-state index in [4.69, 9.17) is 0 Å². The predicted octanol–water partition coefficient (Wildman–Crippen LogP) is 0.981. The third kappa shape index (κ3) is 1.89. The van der Waals surface area contributed by atoms with Crippen LogP contribution in [0.4, 0.5) is 0 Å². The summed E-state index contributed by atoms with van der Waals surface area (Å²) < 4.78 is 0. The number of nitrogens with zero attached hydrogens (tertiary/aromatic N) is 3. The fourth-order valence-corrected chi connectivity index (χ4v) is 3.83. The van der Waals surface area contributed by atoms with Gasteiger partial charge in [0.05, 0.1) is 0 Å². The zero-order valence-corrected chi connectivity index (χ0v) is 12.5. The second kappa shape index (κ2) is 4.12. The number of hydrogen-bond acceptors (Lipinski definition) is 3. The number of carbonyl (C=O) groups is 2. The highest BCUT2D eigenvalue weighted by molar-refractivity contribution is 5.93. The van der Waals surface area contributed by atoms with Crippen LogP contribution in [0.2, 0.25) is 0 Å². The van der Waals surface area contributed by atoms with Gasteiger partial charge in [0.15, 0.2) is 0 Å². The summed E-state index contributed by atoms with van der Waals surface area (Å²) in [6, 6.07) is 1.91. The van der Waals surface area contributed by atoms with E-state index in [9.17, 15) is 9.59 Å². The summed E-state index contributed by atoms with van der Waals surface area (Å²) in [5, 5.41) is 7.16. The summed E-state index contributed by atoms with van der Waals surface area (Å²) in [6.45, 7) is 3.21. The van der Waals surface area contributed by atoms with E-state index in [0.29, 0.717) is 23.4 Å². The molecule has 2 amide bonds. The molecule has 22 heavy (non-hydrogen) atoms. The van der Waals surface area contributed by atoms with Crippen LogP contribution in [-0.2, 0) is 4.79 Å². The standard InChI is InChI=1S/C16H20N4O2/c21-14(11-3-4-11)19-6-16(7-19)8-20(9-16)15(22)13-5-12(17-18-13)10-1-2-10/h5,10-11H,1-4,6-9H2,(H,17,18). The van der Waals surface area contributed by atoms with E-state index in [2.05, 4.69) is 10.2 Å². The first-order valence-electron chi connectivity index (χ1n) is 8.27. The van der Waals surface area contributed by atoms with Crippen LogP contribution >= 0.6 is 0 Å². The van der Waals surface area contributed by atoms with Crippen LogP contribution in [0.25, 0.3) is 0 Å². The number of hydrogen-bond donors (Lipinski definition) is 1. The zero-order valence-electron chi connectivity index (χ0n) is 12.5. The molecule has 2 saturated heterocycles. The topological polar surface area (TPSA) is 69.3 Å². The summed E-state index contributed by atoms with van der Waals surface area (Å²) in [4.78, 5) is 28.2. The van der Waals surface area contributed by atoms with Crippen molar-refractivity contribution in [2.75, 3.05) is 26.2 Å². The summed E-state index contributed by atoms with van der Waals surface area (Å²) in [6.07, 6.45) is 4.53. The molecule has 4 fully saturated rings. The van der Waals surface area contributed by atoms with Gasteiger partial charge in [-0.05, 0) is 31.7 Å². The van der Waals surface area contributed by atoms with Gasteiger partial charge in [-0.1, -0.05) is 0 Å². The molecule has 0 aromatic carbocycles. The van der Waals surface area contributed by atoms with Gasteiger partial charge in [-0.15, -0.1) is 0 Å². The van der Waals surface area contributed by atoms with Gasteiger partial charge in [-0.3, -0.25) is 14.7 Å². The molecule has 2 aliphatic carbocycles. The molecule has 6 nitrogen and oxygen atoms in total. The number of aromatic amines is 1. The van der Waals surface area contributed by atoms with Crippen molar-refractivity contribution in [1.29, 1.82) is 0 Å². The molecule has 1 aromatic heterocycles. The lowest BCUT2D eigenvalue weighted by molar-refractivity contribution is -0.155. The van der Waals surface area contributed by atoms with Gasteiger partial charge in [0.1, 0.15) is 5.69 Å². The van der Waals surface area contributed by atoms with E-state index < -0.39 is 0 Å². The van der Waals surface area contributed by atoms with E-state index in [1.54, 1.807) is 0 Å². The first-order chi connectivity index (χ1) is 10.6. The monoisotopic (exact) mass is 300 g/mol. The molecule has 1 spiro atoms. The first kappa shape index (κ1) is 12.7. The second-order valence-electron chi connectivity index (χ2n) is 7.61. The number of carbonyl (C=O) groups excluding carboxylic acids is 2. The Hall–Kier alpha value is -1.85. The average Bonchev–Trinajstić information content (AvgIpc) is 3.33. The number of H-pyrrole nitrogens is 1. The molecule has 5 rings (SSSR count). The van der Waals surface area contributed by atoms with Crippen molar-refractivity contribution >= 4 is 11.8 Å².